The molecule has 0 saturated heterocycles. The Labute approximate surface area is 154 Å². The van der Waals surface area contributed by atoms with Crippen LogP contribution in [-0.2, 0) is 9.59 Å². The number of hydrogen-bond acceptors (Lipinski definition) is 4. The van der Waals surface area contributed by atoms with Crippen molar-refractivity contribution in [2.24, 2.45) is 5.73 Å². The van der Waals surface area contributed by atoms with E-state index in [1.165, 1.54) is 6.42 Å². The first-order valence-corrected chi connectivity index (χ1v) is 8.55. The molecule has 0 bridgehead atoms. The molecule has 1 aromatic rings. The summed E-state index contributed by atoms with van der Waals surface area (Å²) in [5, 5.41) is 18.6. The SMILES string of the molecule is NC1CCCCC1NC(=O)c1ccc(Br)cc1.O=C(O)/C=C\C(=O)O. The van der Waals surface area contributed by atoms with E-state index < -0.39 is 11.9 Å². The molecule has 136 valence electrons. The summed E-state index contributed by atoms with van der Waals surface area (Å²) < 4.78 is 0.975. The number of carboxylic acids is 2. The summed E-state index contributed by atoms with van der Waals surface area (Å²) in [7, 11) is 0. The molecule has 1 aliphatic carbocycles. The van der Waals surface area contributed by atoms with Crippen LogP contribution in [0.4, 0.5) is 0 Å². The number of carbonyl (C=O) groups is 3. The molecular weight excluding hydrogens is 392 g/mol. The van der Waals surface area contributed by atoms with E-state index in [0.29, 0.717) is 17.7 Å². The Balaban J connectivity index is 0.000000333. The molecule has 1 amide bonds. The van der Waals surface area contributed by atoms with E-state index in [2.05, 4.69) is 21.2 Å². The average molecular weight is 413 g/mol. The molecule has 1 fully saturated rings. The average Bonchev–Trinajstić information content (AvgIpc) is 2.56. The molecule has 5 N–H and O–H groups in total. The maximum atomic E-state index is 12.0. The zero-order chi connectivity index (χ0) is 18.8. The number of nitrogens with one attached hydrogen (secondary N) is 1. The zero-order valence-corrected chi connectivity index (χ0v) is 15.1. The monoisotopic (exact) mass is 412 g/mol. The standard InChI is InChI=1S/C13H17BrN2O.C4H4O4/c14-10-7-5-9(6-8-10)13(17)16-12-4-2-1-3-11(12)15;5-3(6)1-2-4(7)8/h5-8,11-12H,1-4,15H2,(H,16,17);1-2H,(H,5,6)(H,7,8)/b;2-1-. The normalized spacial score (nSPS) is 19.6. The van der Waals surface area contributed by atoms with Crippen LogP contribution in [0.2, 0.25) is 0 Å². The number of aliphatic carboxylic acids is 2. The van der Waals surface area contributed by atoms with Gasteiger partial charge in [-0.05, 0) is 37.1 Å². The van der Waals surface area contributed by atoms with Crippen LogP contribution in [0.3, 0.4) is 0 Å². The molecule has 0 radical (unpaired) electrons. The van der Waals surface area contributed by atoms with E-state index in [1.807, 2.05) is 24.3 Å². The molecule has 0 spiro atoms. The molecule has 7 nitrogen and oxygen atoms in total. The Bertz CT molecular complexity index is 614. The Morgan fingerprint density at radius 2 is 1.56 bits per heavy atom. The van der Waals surface area contributed by atoms with Crippen LogP contribution in [0.5, 0.6) is 0 Å². The van der Waals surface area contributed by atoms with Gasteiger partial charge in [-0.25, -0.2) is 9.59 Å². The number of carbonyl (C=O) groups excluding carboxylic acids is 1. The highest BCUT2D eigenvalue weighted by Crippen LogP contribution is 2.17. The van der Waals surface area contributed by atoms with Crippen molar-refractivity contribution >= 4 is 33.8 Å². The van der Waals surface area contributed by atoms with Gasteiger partial charge < -0.3 is 21.3 Å². The third-order valence-corrected chi connectivity index (χ3v) is 4.14. The highest BCUT2D eigenvalue weighted by Gasteiger charge is 2.23. The fourth-order valence-corrected chi connectivity index (χ4v) is 2.60. The van der Waals surface area contributed by atoms with Crippen molar-refractivity contribution in [1.82, 2.24) is 5.32 Å². The molecule has 0 aliphatic heterocycles. The minimum absolute atomic E-state index is 0.0279. The van der Waals surface area contributed by atoms with Crippen LogP contribution in [0.1, 0.15) is 36.0 Å². The van der Waals surface area contributed by atoms with Crippen molar-refractivity contribution < 1.29 is 24.6 Å². The molecule has 2 atom stereocenters. The van der Waals surface area contributed by atoms with Crippen LogP contribution in [-0.4, -0.2) is 40.1 Å². The van der Waals surface area contributed by atoms with Gasteiger partial charge in [0.1, 0.15) is 0 Å². The van der Waals surface area contributed by atoms with Crippen LogP contribution in [0.15, 0.2) is 40.9 Å². The number of halogens is 1. The highest BCUT2D eigenvalue weighted by atomic mass is 79.9. The molecular formula is C17H21BrN2O5. The topological polar surface area (TPSA) is 130 Å². The van der Waals surface area contributed by atoms with Gasteiger partial charge in [-0.3, -0.25) is 4.79 Å². The quantitative estimate of drug-likeness (QED) is 0.560. The van der Waals surface area contributed by atoms with Gasteiger partial charge in [0.25, 0.3) is 5.91 Å². The predicted octanol–water partition coefficient (Wildman–Crippen LogP) is 2.16. The lowest BCUT2D eigenvalue weighted by molar-refractivity contribution is -0.134. The van der Waals surface area contributed by atoms with Crippen molar-refractivity contribution in [2.45, 2.75) is 37.8 Å². The van der Waals surface area contributed by atoms with E-state index in [1.54, 1.807) is 0 Å². The lowest BCUT2D eigenvalue weighted by Crippen LogP contribution is -2.49. The minimum atomic E-state index is -1.26. The first-order valence-electron chi connectivity index (χ1n) is 7.75. The highest BCUT2D eigenvalue weighted by molar-refractivity contribution is 9.10. The van der Waals surface area contributed by atoms with Crippen molar-refractivity contribution in [1.29, 1.82) is 0 Å². The van der Waals surface area contributed by atoms with Crippen LogP contribution >= 0.6 is 15.9 Å². The van der Waals surface area contributed by atoms with E-state index in [4.69, 9.17) is 15.9 Å². The second-order valence-corrected chi connectivity index (χ2v) is 6.46. The van der Waals surface area contributed by atoms with Crippen molar-refractivity contribution in [3.8, 4) is 0 Å². The second kappa shape index (κ2) is 10.6. The van der Waals surface area contributed by atoms with E-state index >= 15 is 0 Å². The largest absolute Gasteiger partial charge is 0.478 e. The van der Waals surface area contributed by atoms with E-state index in [0.717, 1.165) is 23.7 Å². The van der Waals surface area contributed by atoms with Gasteiger partial charge in [0.15, 0.2) is 0 Å². The smallest absolute Gasteiger partial charge is 0.328 e. The first kappa shape index (κ1) is 20.9. The van der Waals surface area contributed by atoms with Gasteiger partial charge in [0.2, 0.25) is 0 Å². The molecule has 2 unspecified atom stereocenters. The van der Waals surface area contributed by atoms with E-state index in [-0.39, 0.29) is 18.0 Å². The fourth-order valence-electron chi connectivity index (χ4n) is 2.33. The molecule has 1 saturated carbocycles. The van der Waals surface area contributed by atoms with Gasteiger partial charge in [-0.15, -0.1) is 0 Å². The minimum Gasteiger partial charge on any atom is -0.478 e. The van der Waals surface area contributed by atoms with Gasteiger partial charge in [0.05, 0.1) is 0 Å². The second-order valence-electron chi connectivity index (χ2n) is 5.54. The van der Waals surface area contributed by atoms with Crippen LogP contribution in [0, 0.1) is 0 Å². The number of benzene rings is 1. The Kier molecular flexibility index (Phi) is 8.87. The Morgan fingerprint density at radius 3 is 2.04 bits per heavy atom. The zero-order valence-electron chi connectivity index (χ0n) is 13.5. The summed E-state index contributed by atoms with van der Waals surface area (Å²) in [6, 6.07) is 7.59. The molecule has 25 heavy (non-hydrogen) atoms. The number of carboxylic acid groups (broad SMARTS) is 2. The summed E-state index contributed by atoms with van der Waals surface area (Å²) in [4.78, 5) is 31.1. The summed E-state index contributed by atoms with van der Waals surface area (Å²) >= 11 is 3.35. The van der Waals surface area contributed by atoms with Crippen molar-refractivity contribution in [3.05, 3.63) is 46.5 Å². The van der Waals surface area contributed by atoms with Gasteiger partial charge >= 0.3 is 11.9 Å². The van der Waals surface area contributed by atoms with E-state index in [9.17, 15) is 14.4 Å². The molecule has 2 rings (SSSR count). The number of nitrogens with two attached hydrogens (primary N) is 1. The summed E-state index contributed by atoms with van der Waals surface area (Å²) in [5.74, 6) is -2.54. The third-order valence-electron chi connectivity index (χ3n) is 3.61. The van der Waals surface area contributed by atoms with Gasteiger partial charge in [0, 0.05) is 34.3 Å². The van der Waals surface area contributed by atoms with Gasteiger partial charge in [-0.2, -0.15) is 0 Å². The predicted molar refractivity (Wildman–Crippen MR) is 96.3 cm³/mol. The molecule has 0 heterocycles. The maximum absolute atomic E-state index is 12.0. The van der Waals surface area contributed by atoms with Crippen molar-refractivity contribution in [2.75, 3.05) is 0 Å². The van der Waals surface area contributed by atoms with Crippen LogP contribution in [0.25, 0.3) is 0 Å². The molecule has 8 heteroatoms. The van der Waals surface area contributed by atoms with Crippen LogP contribution < -0.4 is 11.1 Å². The third kappa shape index (κ3) is 8.46. The summed E-state index contributed by atoms with van der Waals surface area (Å²) in [5.41, 5.74) is 6.69. The summed E-state index contributed by atoms with van der Waals surface area (Å²) in [6.07, 6.45) is 5.43. The Hall–Kier alpha value is -2.19. The number of hydrogen-bond donors (Lipinski definition) is 4. The number of amides is 1. The Morgan fingerprint density at radius 1 is 1.04 bits per heavy atom. The fraction of sp³-hybridized carbons (Fsp3) is 0.353. The summed E-state index contributed by atoms with van der Waals surface area (Å²) in [6.45, 7) is 0. The van der Waals surface area contributed by atoms with Gasteiger partial charge in [-0.1, -0.05) is 28.8 Å². The lowest BCUT2D eigenvalue weighted by Gasteiger charge is -2.29. The lowest BCUT2D eigenvalue weighted by atomic mass is 9.91. The van der Waals surface area contributed by atoms with Crippen molar-refractivity contribution in [3.63, 3.8) is 0 Å². The first-order chi connectivity index (χ1) is 11.8. The maximum Gasteiger partial charge on any atom is 0.328 e. The molecule has 1 aromatic carbocycles. The number of rotatable bonds is 4. The molecule has 0 aromatic heterocycles. The molecule has 1 aliphatic rings.